The minimum Gasteiger partial charge on any atom is -0.378 e. The van der Waals surface area contributed by atoms with Crippen LogP contribution in [0.4, 0.5) is 0 Å². The summed E-state index contributed by atoms with van der Waals surface area (Å²) in [4.78, 5) is 7.35. The molecule has 0 spiro atoms. The van der Waals surface area contributed by atoms with Crippen molar-refractivity contribution in [3.8, 4) is 0 Å². The summed E-state index contributed by atoms with van der Waals surface area (Å²) in [7, 11) is 6.67. The maximum absolute atomic E-state index is 5.60. The first-order valence-corrected chi connectivity index (χ1v) is 5.85. The monoisotopic (exact) mass is 213 g/mol. The second-order valence-corrected chi connectivity index (χ2v) is 4.93. The Bertz CT molecular complexity index is 212. The van der Waals surface area contributed by atoms with E-state index in [0.717, 1.165) is 26.3 Å². The predicted octanol–water partition coefficient (Wildman–Crippen LogP) is -0.437. The van der Waals surface area contributed by atoms with Crippen molar-refractivity contribution in [2.45, 2.75) is 12.1 Å². The lowest BCUT2D eigenvalue weighted by molar-refractivity contribution is -0.0443. The minimum atomic E-state index is 0.562. The molecule has 0 aliphatic carbocycles. The molecule has 0 aromatic carbocycles. The molecule has 2 unspecified atom stereocenters. The van der Waals surface area contributed by atoms with Gasteiger partial charge in [-0.05, 0) is 21.1 Å². The Labute approximate surface area is 92.8 Å². The number of morpholine rings is 1. The molecule has 2 atom stereocenters. The van der Waals surface area contributed by atoms with Gasteiger partial charge in [-0.3, -0.25) is 9.80 Å². The van der Waals surface area contributed by atoms with Gasteiger partial charge in [-0.2, -0.15) is 0 Å². The summed E-state index contributed by atoms with van der Waals surface area (Å²) in [5.41, 5.74) is 0. The summed E-state index contributed by atoms with van der Waals surface area (Å²) in [5, 5.41) is 0. The predicted molar refractivity (Wildman–Crippen MR) is 61.2 cm³/mol. The smallest absolute Gasteiger partial charge is 0.0638 e. The second-order valence-electron chi connectivity index (χ2n) is 4.93. The van der Waals surface area contributed by atoms with Crippen LogP contribution in [0.2, 0.25) is 0 Å². The van der Waals surface area contributed by atoms with Crippen LogP contribution >= 0.6 is 0 Å². The highest BCUT2D eigenvalue weighted by Crippen LogP contribution is 2.16. The largest absolute Gasteiger partial charge is 0.378 e. The van der Waals surface area contributed by atoms with E-state index < -0.39 is 0 Å². The summed E-state index contributed by atoms with van der Waals surface area (Å²) in [6.45, 7) is 6.36. The molecule has 2 aliphatic heterocycles. The van der Waals surface area contributed by atoms with Gasteiger partial charge in [-0.15, -0.1) is 0 Å². The van der Waals surface area contributed by atoms with Crippen LogP contribution in [0.1, 0.15) is 0 Å². The molecule has 15 heavy (non-hydrogen) atoms. The van der Waals surface area contributed by atoms with Crippen LogP contribution in [0.5, 0.6) is 0 Å². The molecule has 2 saturated heterocycles. The number of likely N-dealkylation sites (N-methyl/N-ethyl adjacent to an activating group) is 3. The van der Waals surface area contributed by atoms with E-state index in [4.69, 9.17) is 4.74 Å². The van der Waals surface area contributed by atoms with Crippen LogP contribution < -0.4 is 0 Å². The molecule has 0 bridgehead atoms. The number of piperazine rings is 1. The normalized spacial score (nSPS) is 37.0. The fourth-order valence-electron chi connectivity index (χ4n) is 2.57. The molecule has 88 valence electrons. The Kier molecular flexibility index (Phi) is 3.61. The van der Waals surface area contributed by atoms with Gasteiger partial charge in [-0.25, -0.2) is 0 Å². The van der Waals surface area contributed by atoms with E-state index in [-0.39, 0.29) is 0 Å². The molecule has 2 aliphatic rings. The fraction of sp³-hybridized carbons (Fsp3) is 1.00. The second kappa shape index (κ2) is 4.78. The van der Waals surface area contributed by atoms with E-state index in [1.54, 1.807) is 0 Å². The molecule has 2 rings (SSSR count). The molecule has 0 amide bonds. The third-order valence-corrected chi connectivity index (χ3v) is 3.79. The van der Waals surface area contributed by atoms with Gasteiger partial charge in [0.15, 0.2) is 0 Å². The number of hydrogen-bond acceptors (Lipinski definition) is 4. The average molecular weight is 213 g/mol. The Hall–Kier alpha value is -0.160. The molecule has 0 aromatic rings. The first-order chi connectivity index (χ1) is 7.18. The zero-order chi connectivity index (χ0) is 10.8. The van der Waals surface area contributed by atoms with Crippen molar-refractivity contribution >= 4 is 0 Å². The van der Waals surface area contributed by atoms with Gasteiger partial charge >= 0.3 is 0 Å². The van der Waals surface area contributed by atoms with Crippen molar-refractivity contribution in [1.29, 1.82) is 0 Å². The van der Waals surface area contributed by atoms with Gasteiger partial charge in [0.2, 0.25) is 0 Å². The van der Waals surface area contributed by atoms with Gasteiger partial charge in [-0.1, -0.05) is 0 Å². The van der Waals surface area contributed by atoms with Crippen LogP contribution in [0.3, 0.4) is 0 Å². The van der Waals surface area contributed by atoms with Gasteiger partial charge in [0.1, 0.15) is 0 Å². The third kappa shape index (κ3) is 2.50. The van der Waals surface area contributed by atoms with E-state index in [2.05, 4.69) is 35.8 Å². The highest BCUT2D eigenvalue weighted by molar-refractivity contribution is 4.90. The zero-order valence-electron chi connectivity index (χ0n) is 10.1. The molecule has 2 fully saturated rings. The Morgan fingerprint density at radius 3 is 2.40 bits per heavy atom. The third-order valence-electron chi connectivity index (χ3n) is 3.79. The van der Waals surface area contributed by atoms with Crippen molar-refractivity contribution in [3.05, 3.63) is 0 Å². The van der Waals surface area contributed by atoms with Gasteiger partial charge in [0.25, 0.3) is 0 Å². The van der Waals surface area contributed by atoms with E-state index in [9.17, 15) is 0 Å². The number of hydrogen-bond donors (Lipinski definition) is 0. The van der Waals surface area contributed by atoms with Crippen LogP contribution in [-0.2, 0) is 4.74 Å². The highest BCUT2D eigenvalue weighted by atomic mass is 16.5. The van der Waals surface area contributed by atoms with Gasteiger partial charge < -0.3 is 9.64 Å². The molecular formula is C11H23N3O. The Morgan fingerprint density at radius 2 is 1.67 bits per heavy atom. The van der Waals surface area contributed by atoms with Crippen LogP contribution in [0.15, 0.2) is 0 Å². The molecule has 0 saturated carbocycles. The van der Waals surface area contributed by atoms with E-state index >= 15 is 0 Å². The van der Waals surface area contributed by atoms with E-state index in [0.29, 0.717) is 12.1 Å². The van der Waals surface area contributed by atoms with Crippen molar-refractivity contribution in [1.82, 2.24) is 14.7 Å². The molecule has 0 N–H and O–H groups in total. The van der Waals surface area contributed by atoms with E-state index in [1.165, 1.54) is 13.1 Å². The number of nitrogens with zero attached hydrogens (tertiary/aromatic N) is 3. The Morgan fingerprint density at radius 1 is 0.933 bits per heavy atom. The maximum Gasteiger partial charge on any atom is 0.0638 e. The summed E-state index contributed by atoms with van der Waals surface area (Å²) in [6.07, 6.45) is 0. The first kappa shape index (κ1) is 11.3. The van der Waals surface area contributed by atoms with E-state index in [1.807, 2.05) is 0 Å². The lowest BCUT2D eigenvalue weighted by Gasteiger charge is -2.46. The summed E-state index contributed by atoms with van der Waals surface area (Å²) in [6, 6.07) is 1.18. The van der Waals surface area contributed by atoms with Crippen LogP contribution in [0, 0.1) is 0 Å². The standard InChI is InChI=1S/C11H23N3O/c1-12-4-5-13(2)10(8-12)11-9-15-7-6-14(11)3/h10-11H,4-9H2,1-3H3. The average Bonchev–Trinajstić information content (AvgIpc) is 2.23. The van der Waals surface area contributed by atoms with Crippen molar-refractivity contribution in [3.63, 3.8) is 0 Å². The zero-order valence-corrected chi connectivity index (χ0v) is 10.1. The Balaban J connectivity index is 1.99. The molecule has 0 aromatic heterocycles. The quantitative estimate of drug-likeness (QED) is 0.588. The van der Waals surface area contributed by atoms with Gasteiger partial charge in [0.05, 0.1) is 13.2 Å². The van der Waals surface area contributed by atoms with Crippen molar-refractivity contribution in [2.24, 2.45) is 0 Å². The van der Waals surface area contributed by atoms with Crippen molar-refractivity contribution in [2.75, 3.05) is 60.5 Å². The first-order valence-electron chi connectivity index (χ1n) is 5.85. The lowest BCUT2D eigenvalue weighted by Crippen LogP contribution is -2.61. The lowest BCUT2D eigenvalue weighted by atomic mass is 10.0. The fourth-order valence-corrected chi connectivity index (χ4v) is 2.57. The van der Waals surface area contributed by atoms with Crippen LogP contribution in [0.25, 0.3) is 0 Å². The molecule has 2 heterocycles. The molecular weight excluding hydrogens is 190 g/mol. The summed E-state index contributed by atoms with van der Waals surface area (Å²) >= 11 is 0. The van der Waals surface area contributed by atoms with Gasteiger partial charge in [0, 0.05) is 38.3 Å². The highest BCUT2D eigenvalue weighted by Gasteiger charge is 2.33. The summed E-state index contributed by atoms with van der Waals surface area (Å²) < 4.78 is 5.60. The maximum atomic E-state index is 5.60. The number of rotatable bonds is 1. The topological polar surface area (TPSA) is 19.0 Å². The summed E-state index contributed by atoms with van der Waals surface area (Å²) in [5.74, 6) is 0. The SMILES string of the molecule is CN1CCN(C)C(C2COCCN2C)C1. The number of ether oxygens (including phenoxy) is 1. The minimum absolute atomic E-state index is 0.562. The van der Waals surface area contributed by atoms with Crippen molar-refractivity contribution < 1.29 is 4.74 Å². The molecule has 4 heteroatoms. The van der Waals surface area contributed by atoms with Crippen LogP contribution in [-0.4, -0.2) is 87.3 Å². The molecule has 4 nitrogen and oxygen atoms in total. The molecule has 0 radical (unpaired) electrons.